The van der Waals surface area contributed by atoms with Crippen molar-refractivity contribution in [2.45, 2.75) is 84.6 Å². The summed E-state index contributed by atoms with van der Waals surface area (Å²) in [5.41, 5.74) is 0. The van der Waals surface area contributed by atoms with E-state index in [2.05, 4.69) is 26.1 Å². The number of hydrogen-bond donors (Lipinski definition) is 1. The average molecular weight is 292 g/mol. The minimum atomic E-state index is 0.889. The molecule has 0 bridgehead atoms. The molecule has 122 valence electrons. The van der Waals surface area contributed by atoms with E-state index in [1.54, 1.807) is 0 Å². The number of hydrogen-bond acceptors (Lipinski definition) is 1. The molecule has 0 aromatic rings. The van der Waals surface area contributed by atoms with E-state index in [0.29, 0.717) is 0 Å². The van der Waals surface area contributed by atoms with Crippen molar-refractivity contribution in [3.05, 3.63) is 0 Å². The summed E-state index contributed by atoms with van der Waals surface area (Å²) in [5, 5.41) is 3.85. The first-order chi connectivity index (χ1) is 10.1. The monoisotopic (exact) mass is 291 g/mol. The molecule has 0 heterocycles. The van der Waals surface area contributed by atoms with Gasteiger partial charge in [0.05, 0.1) is 0 Å². The van der Waals surface area contributed by atoms with Gasteiger partial charge in [0.25, 0.3) is 0 Å². The van der Waals surface area contributed by atoms with Gasteiger partial charge in [-0.3, -0.25) is 0 Å². The zero-order valence-corrected chi connectivity index (χ0v) is 14.6. The molecule has 0 aliphatic heterocycles. The first-order valence-corrected chi connectivity index (χ1v) is 9.87. The SMILES string of the molecule is CC1CCC(C2CC(C(C)C)CCC2CNC2CC2)CC1. The molecular formula is C20H37N. The van der Waals surface area contributed by atoms with Gasteiger partial charge >= 0.3 is 0 Å². The van der Waals surface area contributed by atoms with Crippen molar-refractivity contribution >= 4 is 0 Å². The van der Waals surface area contributed by atoms with Crippen LogP contribution in [0.5, 0.6) is 0 Å². The molecular weight excluding hydrogens is 254 g/mol. The third-order valence-corrected chi connectivity index (χ3v) is 6.94. The largest absolute Gasteiger partial charge is 0.314 e. The topological polar surface area (TPSA) is 12.0 Å². The summed E-state index contributed by atoms with van der Waals surface area (Å²) >= 11 is 0. The minimum Gasteiger partial charge on any atom is -0.314 e. The molecule has 0 aromatic carbocycles. The molecule has 3 aliphatic rings. The summed E-state index contributed by atoms with van der Waals surface area (Å²) < 4.78 is 0. The van der Waals surface area contributed by atoms with Crippen molar-refractivity contribution in [2.24, 2.45) is 35.5 Å². The Morgan fingerprint density at radius 3 is 2.24 bits per heavy atom. The van der Waals surface area contributed by atoms with Gasteiger partial charge in [0.15, 0.2) is 0 Å². The van der Waals surface area contributed by atoms with Gasteiger partial charge in [-0.15, -0.1) is 0 Å². The van der Waals surface area contributed by atoms with Gasteiger partial charge in [0.1, 0.15) is 0 Å². The fourth-order valence-corrected chi connectivity index (χ4v) is 5.06. The molecule has 1 N–H and O–H groups in total. The van der Waals surface area contributed by atoms with Crippen molar-refractivity contribution < 1.29 is 0 Å². The Kier molecular flexibility index (Phi) is 5.30. The van der Waals surface area contributed by atoms with Crippen molar-refractivity contribution in [2.75, 3.05) is 6.54 Å². The maximum Gasteiger partial charge on any atom is 0.00683 e. The van der Waals surface area contributed by atoms with Crippen molar-refractivity contribution in [1.82, 2.24) is 5.32 Å². The lowest BCUT2D eigenvalue weighted by atomic mass is 9.62. The van der Waals surface area contributed by atoms with E-state index >= 15 is 0 Å². The molecule has 3 saturated carbocycles. The molecule has 0 aromatic heterocycles. The third kappa shape index (κ3) is 4.24. The van der Waals surface area contributed by atoms with Crippen molar-refractivity contribution in [1.29, 1.82) is 0 Å². The summed E-state index contributed by atoms with van der Waals surface area (Å²) in [5.74, 6) is 5.96. The zero-order chi connectivity index (χ0) is 14.8. The molecule has 3 rings (SSSR count). The van der Waals surface area contributed by atoms with Crippen molar-refractivity contribution in [3.8, 4) is 0 Å². The van der Waals surface area contributed by atoms with Crippen LogP contribution in [0.3, 0.4) is 0 Å². The average Bonchev–Trinajstić information content (AvgIpc) is 3.30. The molecule has 0 spiro atoms. The molecule has 3 aliphatic carbocycles. The van der Waals surface area contributed by atoms with Gasteiger partial charge in [-0.1, -0.05) is 33.6 Å². The van der Waals surface area contributed by atoms with Crippen LogP contribution in [-0.2, 0) is 0 Å². The Hall–Kier alpha value is -0.0400. The van der Waals surface area contributed by atoms with Crippen molar-refractivity contribution in [3.63, 3.8) is 0 Å². The van der Waals surface area contributed by atoms with Crippen LogP contribution in [0.15, 0.2) is 0 Å². The highest BCUT2D eigenvalue weighted by atomic mass is 14.9. The molecule has 1 heteroatoms. The smallest absolute Gasteiger partial charge is 0.00683 e. The van der Waals surface area contributed by atoms with E-state index < -0.39 is 0 Å². The molecule has 21 heavy (non-hydrogen) atoms. The second-order valence-electron chi connectivity index (χ2n) is 8.94. The summed E-state index contributed by atoms with van der Waals surface area (Å²) in [6, 6.07) is 0.889. The lowest BCUT2D eigenvalue weighted by Gasteiger charge is -2.44. The Balaban J connectivity index is 1.60. The fraction of sp³-hybridized carbons (Fsp3) is 1.00. The highest BCUT2D eigenvalue weighted by Crippen LogP contribution is 2.46. The summed E-state index contributed by atoms with van der Waals surface area (Å²) in [7, 11) is 0. The normalized spacial score (nSPS) is 41.4. The van der Waals surface area contributed by atoms with Crippen LogP contribution >= 0.6 is 0 Å². The van der Waals surface area contributed by atoms with E-state index in [1.807, 2.05) is 0 Å². The van der Waals surface area contributed by atoms with E-state index in [-0.39, 0.29) is 0 Å². The standard InChI is InChI=1S/C20H37N/c1-14(2)17-8-9-18(13-21-19-10-11-19)20(12-17)16-6-4-15(3)5-7-16/h14-21H,4-13H2,1-3H3. The quantitative estimate of drug-likeness (QED) is 0.729. The van der Waals surface area contributed by atoms with Gasteiger partial charge in [0, 0.05) is 6.04 Å². The zero-order valence-electron chi connectivity index (χ0n) is 14.6. The van der Waals surface area contributed by atoms with Crippen LogP contribution < -0.4 is 5.32 Å². The van der Waals surface area contributed by atoms with Crippen LogP contribution in [0.4, 0.5) is 0 Å². The van der Waals surface area contributed by atoms with Crippen LogP contribution in [0.2, 0.25) is 0 Å². The highest BCUT2D eigenvalue weighted by Gasteiger charge is 2.38. The lowest BCUT2D eigenvalue weighted by molar-refractivity contribution is 0.0711. The van der Waals surface area contributed by atoms with Gasteiger partial charge in [0.2, 0.25) is 0 Å². The number of rotatable bonds is 5. The molecule has 3 unspecified atom stereocenters. The van der Waals surface area contributed by atoms with Gasteiger partial charge in [-0.2, -0.15) is 0 Å². The first-order valence-electron chi connectivity index (χ1n) is 9.87. The van der Waals surface area contributed by atoms with E-state index in [1.165, 1.54) is 64.3 Å². The second-order valence-corrected chi connectivity index (χ2v) is 8.94. The molecule has 3 atom stereocenters. The first kappa shape index (κ1) is 15.8. The second kappa shape index (κ2) is 7.02. The highest BCUT2D eigenvalue weighted by molar-refractivity contribution is 4.90. The van der Waals surface area contributed by atoms with Gasteiger partial charge < -0.3 is 5.32 Å². The molecule has 0 amide bonds. The van der Waals surface area contributed by atoms with Gasteiger partial charge in [-0.05, 0) is 87.0 Å². The molecule has 3 fully saturated rings. The maximum absolute atomic E-state index is 3.85. The lowest BCUT2D eigenvalue weighted by Crippen LogP contribution is -2.39. The van der Waals surface area contributed by atoms with E-state index in [4.69, 9.17) is 0 Å². The van der Waals surface area contributed by atoms with Crippen LogP contribution in [-0.4, -0.2) is 12.6 Å². The summed E-state index contributed by atoms with van der Waals surface area (Å²) in [4.78, 5) is 0. The summed E-state index contributed by atoms with van der Waals surface area (Å²) in [6.07, 6.45) is 13.4. The van der Waals surface area contributed by atoms with Crippen LogP contribution in [0.1, 0.15) is 78.6 Å². The molecule has 1 nitrogen and oxygen atoms in total. The van der Waals surface area contributed by atoms with Gasteiger partial charge in [-0.25, -0.2) is 0 Å². The molecule has 0 radical (unpaired) electrons. The molecule has 0 saturated heterocycles. The maximum atomic E-state index is 3.85. The summed E-state index contributed by atoms with van der Waals surface area (Å²) in [6.45, 7) is 8.69. The Morgan fingerprint density at radius 1 is 0.905 bits per heavy atom. The Morgan fingerprint density at radius 2 is 1.62 bits per heavy atom. The fourth-order valence-electron chi connectivity index (χ4n) is 5.06. The van der Waals surface area contributed by atoms with Crippen LogP contribution in [0, 0.1) is 35.5 Å². The van der Waals surface area contributed by atoms with Crippen LogP contribution in [0.25, 0.3) is 0 Å². The minimum absolute atomic E-state index is 0.889. The third-order valence-electron chi connectivity index (χ3n) is 6.94. The number of nitrogens with one attached hydrogen (secondary N) is 1. The Bertz CT molecular complexity index is 312. The Labute approximate surface area is 132 Å². The van der Waals surface area contributed by atoms with E-state index in [9.17, 15) is 0 Å². The predicted molar refractivity (Wildman–Crippen MR) is 91.3 cm³/mol. The van der Waals surface area contributed by atoms with E-state index in [0.717, 1.165) is 41.5 Å². The predicted octanol–water partition coefficient (Wildman–Crippen LogP) is 5.25.